The van der Waals surface area contributed by atoms with Gasteiger partial charge in [0, 0.05) is 12.1 Å². The zero-order valence-corrected chi connectivity index (χ0v) is 11.3. The first-order chi connectivity index (χ1) is 8.85. The molecule has 1 aliphatic carbocycles. The lowest BCUT2D eigenvalue weighted by Crippen LogP contribution is -2.34. The van der Waals surface area contributed by atoms with Gasteiger partial charge < -0.3 is 9.63 Å². The maximum atomic E-state index is 11.9. The quantitative estimate of drug-likeness (QED) is 0.823. The number of carboxylic acid groups (broad SMARTS) is 1. The Morgan fingerprint density at radius 2 is 2.32 bits per heavy atom. The van der Waals surface area contributed by atoms with Gasteiger partial charge in [0.2, 0.25) is 10.0 Å². The molecular formula is C11H16N2O5S. The van der Waals surface area contributed by atoms with E-state index in [1.807, 2.05) is 0 Å². The predicted molar refractivity (Wildman–Crippen MR) is 65.8 cm³/mol. The zero-order valence-electron chi connectivity index (χ0n) is 10.5. The van der Waals surface area contributed by atoms with Crippen molar-refractivity contribution in [1.29, 1.82) is 0 Å². The molecule has 1 heterocycles. The number of hydrogen-bond donors (Lipinski definition) is 2. The van der Waals surface area contributed by atoms with Gasteiger partial charge >= 0.3 is 5.97 Å². The average molecular weight is 288 g/mol. The number of nitrogens with one attached hydrogen (secondary N) is 1. The molecule has 0 bridgehead atoms. The third-order valence-electron chi connectivity index (χ3n) is 3.14. The molecular weight excluding hydrogens is 272 g/mol. The lowest BCUT2D eigenvalue weighted by atomic mass is 10.1. The summed E-state index contributed by atoms with van der Waals surface area (Å²) in [6.45, 7) is 1.69. The summed E-state index contributed by atoms with van der Waals surface area (Å²) in [7, 11) is -3.52. The van der Waals surface area contributed by atoms with Crippen LogP contribution in [0.25, 0.3) is 0 Å². The van der Waals surface area contributed by atoms with Crippen LogP contribution in [0.1, 0.15) is 30.7 Å². The fraction of sp³-hybridized carbons (Fsp3) is 0.636. The summed E-state index contributed by atoms with van der Waals surface area (Å²) in [5.41, 5.74) is 0.345. The number of rotatable bonds is 5. The molecule has 0 aromatic carbocycles. The van der Waals surface area contributed by atoms with Gasteiger partial charge in [0.15, 0.2) is 0 Å². The van der Waals surface area contributed by atoms with E-state index in [1.54, 1.807) is 13.0 Å². The van der Waals surface area contributed by atoms with Crippen LogP contribution in [-0.4, -0.2) is 30.7 Å². The van der Waals surface area contributed by atoms with E-state index < -0.39 is 21.9 Å². The molecule has 7 nitrogen and oxygen atoms in total. The Morgan fingerprint density at radius 1 is 1.58 bits per heavy atom. The molecule has 0 radical (unpaired) electrons. The van der Waals surface area contributed by atoms with Crippen LogP contribution in [-0.2, 0) is 20.6 Å². The van der Waals surface area contributed by atoms with Gasteiger partial charge in [-0.1, -0.05) is 5.16 Å². The molecule has 2 N–H and O–H groups in total. The number of nitrogens with zero attached hydrogens (tertiary/aromatic N) is 1. The van der Waals surface area contributed by atoms with Crippen LogP contribution in [0.4, 0.5) is 0 Å². The average Bonchev–Trinajstić information content (AvgIpc) is 2.87. The SMILES string of the molecule is Cc1cc(CS(=O)(=O)N[C@H]2CC[C@@H](C(=O)O)C2)no1. The molecule has 2 rings (SSSR count). The van der Waals surface area contributed by atoms with Crippen molar-refractivity contribution in [3.63, 3.8) is 0 Å². The number of aromatic nitrogens is 1. The third-order valence-corrected chi connectivity index (χ3v) is 4.51. The highest BCUT2D eigenvalue weighted by atomic mass is 32.2. The molecule has 1 saturated carbocycles. The maximum absolute atomic E-state index is 11.9. The number of aryl methyl sites for hydroxylation is 1. The van der Waals surface area contributed by atoms with Crippen molar-refractivity contribution in [1.82, 2.24) is 9.88 Å². The van der Waals surface area contributed by atoms with Crippen LogP contribution in [0.15, 0.2) is 10.6 Å². The van der Waals surface area contributed by atoms with E-state index in [1.165, 1.54) is 0 Å². The van der Waals surface area contributed by atoms with Crippen molar-refractivity contribution in [2.45, 2.75) is 38.0 Å². The van der Waals surface area contributed by atoms with E-state index >= 15 is 0 Å². The minimum atomic E-state index is -3.52. The minimum Gasteiger partial charge on any atom is -0.481 e. The van der Waals surface area contributed by atoms with Crippen LogP contribution in [0.3, 0.4) is 0 Å². The van der Waals surface area contributed by atoms with E-state index in [-0.39, 0.29) is 11.8 Å². The molecule has 8 heteroatoms. The first-order valence-corrected chi connectivity index (χ1v) is 7.66. The number of hydrogen-bond acceptors (Lipinski definition) is 5. The third kappa shape index (κ3) is 3.77. The van der Waals surface area contributed by atoms with Crippen LogP contribution >= 0.6 is 0 Å². The molecule has 1 fully saturated rings. The molecule has 19 heavy (non-hydrogen) atoms. The smallest absolute Gasteiger partial charge is 0.306 e. The Kier molecular flexibility index (Phi) is 3.91. The summed E-state index contributed by atoms with van der Waals surface area (Å²) < 4.78 is 31.1. The van der Waals surface area contributed by atoms with Gasteiger partial charge in [-0.25, -0.2) is 13.1 Å². The second-order valence-corrected chi connectivity index (χ2v) is 6.60. The Morgan fingerprint density at radius 3 is 2.84 bits per heavy atom. The summed E-state index contributed by atoms with van der Waals surface area (Å²) >= 11 is 0. The Bertz CT molecular complexity index is 565. The van der Waals surface area contributed by atoms with Gasteiger partial charge in [0.1, 0.15) is 17.2 Å². The number of carboxylic acids is 1. The highest BCUT2D eigenvalue weighted by Crippen LogP contribution is 2.26. The molecule has 1 aliphatic rings. The lowest BCUT2D eigenvalue weighted by Gasteiger charge is -2.11. The van der Waals surface area contributed by atoms with Gasteiger partial charge in [-0.3, -0.25) is 4.79 Å². The second-order valence-electron chi connectivity index (χ2n) is 4.85. The molecule has 2 atom stereocenters. The topological polar surface area (TPSA) is 110 Å². The molecule has 1 aromatic rings. The molecule has 0 amide bonds. The maximum Gasteiger partial charge on any atom is 0.306 e. The summed E-state index contributed by atoms with van der Waals surface area (Å²) in [6.07, 6.45) is 1.39. The molecule has 106 valence electrons. The van der Waals surface area contributed by atoms with Crippen LogP contribution in [0.5, 0.6) is 0 Å². The zero-order chi connectivity index (χ0) is 14.0. The minimum absolute atomic E-state index is 0.251. The fourth-order valence-corrected chi connectivity index (χ4v) is 3.62. The Balaban J connectivity index is 1.93. The molecule has 0 spiro atoms. The van der Waals surface area contributed by atoms with E-state index in [0.717, 1.165) is 0 Å². The molecule has 0 saturated heterocycles. The number of carbonyl (C=O) groups is 1. The molecule has 0 aliphatic heterocycles. The van der Waals surface area contributed by atoms with E-state index in [9.17, 15) is 13.2 Å². The van der Waals surface area contributed by atoms with Crippen molar-refractivity contribution >= 4 is 16.0 Å². The predicted octanol–water partition coefficient (Wildman–Crippen LogP) is 0.656. The summed E-state index contributed by atoms with van der Waals surface area (Å²) in [5, 5.41) is 12.5. The van der Waals surface area contributed by atoms with Gasteiger partial charge in [0.05, 0.1) is 5.92 Å². The number of aliphatic carboxylic acids is 1. The Hall–Kier alpha value is -1.41. The van der Waals surface area contributed by atoms with Gasteiger partial charge in [-0.15, -0.1) is 0 Å². The van der Waals surface area contributed by atoms with Crippen molar-refractivity contribution in [3.05, 3.63) is 17.5 Å². The molecule has 1 aromatic heterocycles. The fourth-order valence-electron chi connectivity index (χ4n) is 2.29. The van der Waals surface area contributed by atoms with Crippen molar-refractivity contribution < 1.29 is 22.8 Å². The first kappa shape index (κ1) is 14.0. The van der Waals surface area contributed by atoms with E-state index in [4.69, 9.17) is 9.63 Å². The van der Waals surface area contributed by atoms with E-state index in [2.05, 4.69) is 9.88 Å². The first-order valence-electron chi connectivity index (χ1n) is 6.01. The highest BCUT2D eigenvalue weighted by molar-refractivity contribution is 7.88. The molecule has 0 unspecified atom stereocenters. The lowest BCUT2D eigenvalue weighted by molar-refractivity contribution is -0.141. The van der Waals surface area contributed by atoms with E-state index in [0.29, 0.717) is 30.7 Å². The van der Waals surface area contributed by atoms with Gasteiger partial charge in [-0.05, 0) is 26.2 Å². The summed E-state index contributed by atoms with van der Waals surface area (Å²) in [5.74, 6) is -1.02. The number of sulfonamides is 1. The normalized spacial score (nSPS) is 23.6. The van der Waals surface area contributed by atoms with Gasteiger partial charge in [0.25, 0.3) is 0 Å². The van der Waals surface area contributed by atoms with Gasteiger partial charge in [-0.2, -0.15) is 0 Å². The van der Waals surface area contributed by atoms with Crippen molar-refractivity contribution in [2.24, 2.45) is 5.92 Å². The summed E-state index contributed by atoms with van der Waals surface area (Å²) in [4.78, 5) is 10.8. The second kappa shape index (κ2) is 5.30. The van der Waals surface area contributed by atoms with Crippen molar-refractivity contribution in [3.8, 4) is 0 Å². The van der Waals surface area contributed by atoms with Crippen LogP contribution in [0, 0.1) is 12.8 Å². The van der Waals surface area contributed by atoms with Crippen molar-refractivity contribution in [2.75, 3.05) is 0 Å². The monoisotopic (exact) mass is 288 g/mol. The van der Waals surface area contributed by atoms with Crippen LogP contribution < -0.4 is 4.72 Å². The Labute approximate surface area is 111 Å². The summed E-state index contributed by atoms with van der Waals surface area (Å²) in [6, 6.07) is 1.26. The highest BCUT2D eigenvalue weighted by Gasteiger charge is 2.32. The van der Waals surface area contributed by atoms with Crippen LogP contribution in [0.2, 0.25) is 0 Å². The standard InChI is InChI=1S/C11H16N2O5S/c1-7-4-10(12-18-7)6-19(16,17)13-9-3-2-8(5-9)11(14)15/h4,8-9,13H,2-3,5-6H2,1H3,(H,14,15)/t8-,9+/m1/s1. The largest absolute Gasteiger partial charge is 0.481 e.